The fourth-order valence-corrected chi connectivity index (χ4v) is 2.86. The summed E-state index contributed by atoms with van der Waals surface area (Å²) in [5.41, 5.74) is 3.29. The molecule has 1 heterocycles. The summed E-state index contributed by atoms with van der Waals surface area (Å²) in [4.78, 5) is 2.24. The van der Waals surface area contributed by atoms with Crippen molar-refractivity contribution in [2.75, 3.05) is 13.6 Å². The molecule has 2 unspecified atom stereocenters. The lowest BCUT2D eigenvalue weighted by Crippen LogP contribution is -2.34. The molecular formula is C15H23NO. The number of hydrogen-bond acceptors (Lipinski definition) is 2. The monoisotopic (exact) mass is 233 g/mol. The third-order valence-corrected chi connectivity index (χ3v) is 4.00. The molecule has 0 amide bonds. The van der Waals surface area contributed by atoms with E-state index in [-0.39, 0.29) is 0 Å². The summed E-state index contributed by atoms with van der Waals surface area (Å²) in [7, 11) is 2.09. The van der Waals surface area contributed by atoms with E-state index in [1.54, 1.807) is 0 Å². The van der Waals surface area contributed by atoms with Crippen LogP contribution in [0.25, 0.3) is 0 Å². The zero-order valence-electron chi connectivity index (χ0n) is 11.3. The van der Waals surface area contributed by atoms with Crippen molar-refractivity contribution in [1.82, 2.24) is 4.90 Å². The molecule has 1 aromatic rings. The smallest absolute Gasteiger partial charge is 0.0829 e. The number of likely N-dealkylation sites (tertiary alicyclic amines) is 1. The highest BCUT2D eigenvalue weighted by Crippen LogP contribution is 2.30. The minimum absolute atomic E-state index is 0.477. The van der Waals surface area contributed by atoms with Crippen LogP contribution < -0.4 is 0 Å². The zero-order chi connectivity index (χ0) is 12.6. The Morgan fingerprint density at radius 1 is 1.41 bits per heavy atom. The van der Waals surface area contributed by atoms with Gasteiger partial charge in [0.1, 0.15) is 0 Å². The molecule has 17 heavy (non-hydrogen) atoms. The average Bonchev–Trinajstić information content (AvgIpc) is 2.47. The van der Waals surface area contributed by atoms with Gasteiger partial charge in [-0.25, -0.2) is 0 Å². The van der Waals surface area contributed by atoms with Crippen molar-refractivity contribution < 1.29 is 5.11 Å². The van der Waals surface area contributed by atoms with Crippen LogP contribution in [0, 0.1) is 13.8 Å². The van der Waals surface area contributed by atoms with Crippen molar-refractivity contribution >= 4 is 0 Å². The van der Waals surface area contributed by atoms with E-state index < -0.39 is 5.60 Å². The Bertz CT molecular complexity index is 403. The first kappa shape index (κ1) is 12.6. The summed E-state index contributed by atoms with van der Waals surface area (Å²) >= 11 is 0. The van der Waals surface area contributed by atoms with E-state index in [2.05, 4.69) is 50.9 Å². The summed E-state index contributed by atoms with van der Waals surface area (Å²) in [5.74, 6) is 0. The summed E-state index contributed by atoms with van der Waals surface area (Å²) in [6, 6.07) is 6.96. The molecule has 0 aliphatic carbocycles. The molecule has 2 rings (SSSR count). The fourth-order valence-electron chi connectivity index (χ4n) is 2.86. The number of aryl methyl sites for hydroxylation is 2. The number of hydrogen-bond donors (Lipinski definition) is 1. The van der Waals surface area contributed by atoms with Gasteiger partial charge in [0.05, 0.1) is 5.60 Å². The Kier molecular flexibility index (Phi) is 3.28. The molecule has 1 fully saturated rings. The van der Waals surface area contributed by atoms with Gasteiger partial charge < -0.3 is 10.0 Å². The fraction of sp³-hybridized carbons (Fsp3) is 0.600. The first-order valence-corrected chi connectivity index (χ1v) is 6.38. The molecule has 0 bridgehead atoms. The minimum atomic E-state index is -0.549. The van der Waals surface area contributed by atoms with Gasteiger partial charge in [-0.15, -0.1) is 0 Å². The normalized spacial score (nSPS) is 29.8. The van der Waals surface area contributed by atoms with Gasteiger partial charge in [0, 0.05) is 19.0 Å². The lowest BCUT2D eigenvalue weighted by molar-refractivity contribution is 0.0519. The molecule has 1 aliphatic rings. The first-order valence-electron chi connectivity index (χ1n) is 6.38. The minimum Gasteiger partial charge on any atom is -0.388 e. The Morgan fingerprint density at radius 2 is 2.12 bits per heavy atom. The molecule has 0 saturated carbocycles. The second-order valence-corrected chi connectivity index (χ2v) is 5.80. The first-order chi connectivity index (χ1) is 7.89. The summed E-state index contributed by atoms with van der Waals surface area (Å²) in [6.07, 6.45) is 1.64. The molecule has 2 atom stereocenters. The topological polar surface area (TPSA) is 23.5 Å². The van der Waals surface area contributed by atoms with Crippen molar-refractivity contribution in [1.29, 1.82) is 0 Å². The maximum absolute atomic E-state index is 10.7. The SMILES string of the molecule is Cc1ccc(C)c(CC2(O)CC(C)N(C)C2)c1. The molecular weight excluding hydrogens is 210 g/mol. The molecule has 1 N–H and O–H groups in total. The van der Waals surface area contributed by atoms with Gasteiger partial charge in [-0.05, 0) is 45.4 Å². The van der Waals surface area contributed by atoms with Gasteiger partial charge in [-0.2, -0.15) is 0 Å². The molecule has 1 saturated heterocycles. The van der Waals surface area contributed by atoms with E-state index in [0.29, 0.717) is 6.04 Å². The van der Waals surface area contributed by atoms with Gasteiger partial charge in [0.15, 0.2) is 0 Å². The van der Waals surface area contributed by atoms with Crippen molar-refractivity contribution in [2.45, 2.75) is 45.3 Å². The van der Waals surface area contributed by atoms with Crippen LogP contribution in [0.2, 0.25) is 0 Å². The van der Waals surface area contributed by atoms with Crippen LogP contribution in [0.15, 0.2) is 18.2 Å². The molecule has 0 aromatic heterocycles. The number of β-amino-alcohol motifs (C(OH)–C–C–N with tert-alkyl or cyclic N) is 1. The van der Waals surface area contributed by atoms with Crippen LogP contribution in [0.1, 0.15) is 30.0 Å². The van der Waals surface area contributed by atoms with E-state index in [1.165, 1.54) is 16.7 Å². The van der Waals surface area contributed by atoms with Crippen molar-refractivity contribution in [3.05, 3.63) is 34.9 Å². The van der Waals surface area contributed by atoms with Gasteiger partial charge in [-0.3, -0.25) is 0 Å². The lowest BCUT2D eigenvalue weighted by Gasteiger charge is -2.23. The highest BCUT2D eigenvalue weighted by Gasteiger charge is 2.38. The molecule has 1 aliphatic heterocycles. The molecule has 2 nitrogen and oxygen atoms in total. The van der Waals surface area contributed by atoms with Crippen molar-refractivity contribution in [3.63, 3.8) is 0 Å². The number of likely N-dealkylation sites (N-methyl/N-ethyl adjacent to an activating group) is 1. The summed E-state index contributed by atoms with van der Waals surface area (Å²) < 4.78 is 0. The van der Waals surface area contributed by atoms with Crippen LogP contribution in [0.3, 0.4) is 0 Å². The molecule has 94 valence electrons. The van der Waals surface area contributed by atoms with Crippen LogP contribution in [0.4, 0.5) is 0 Å². The molecule has 1 aromatic carbocycles. The zero-order valence-corrected chi connectivity index (χ0v) is 11.3. The lowest BCUT2D eigenvalue weighted by atomic mass is 9.89. The summed E-state index contributed by atoms with van der Waals surface area (Å²) in [6.45, 7) is 7.19. The van der Waals surface area contributed by atoms with Crippen LogP contribution >= 0.6 is 0 Å². The van der Waals surface area contributed by atoms with Crippen molar-refractivity contribution in [3.8, 4) is 0 Å². The van der Waals surface area contributed by atoms with Crippen LogP contribution in [0.5, 0.6) is 0 Å². The third-order valence-electron chi connectivity index (χ3n) is 4.00. The second-order valence-electron chi connectivity index (χ2n) is 5.80. The standard InChI is InChI=1S/C15H23NO/c1-11-5-6-12(2)14(7-11)9-15(17)8-13(3)16(4)10-15/h5-7,13,17H,8-10H2,1-4H3. The number of nitrogens with zero attached hydrogens (tertiary/aromatic N) is 1. The third kappa shape index (κ3) is 2.70. The number of benzene rings is 1. The Hall–Kier alpha value is -0.860. The van der Waals surface area contributed by atoms with Gasteiger partial charge in [0.2, 0.25) is 0 Å². The molecule has 2 heteroatoms. The van der Waals surface area contributed by atoms with E-state index in [4.69, 9.17) is 0 Å². The van der Waals surface area contributed by atoms with Gasteiger partial charge in [-0.1, -0.05) is 23.8 Å². The largest absolute Gasteiger partial charge is 0.388 e. The van der Waals surface area contributed by atoms with E-state index in [9.17, 15) is 5.11 Å². The van der Waals surface area contributed by atoms with Gasteiger partial charge in [0.25, 0.3) is 0 Å². The summed E-state index contributed by atoms with van der Waals surface area (Å²) in [5, 5.41) is 10.7. The van der Waals surface area contributed by atoms with E-state index >= 15 is 0 Å². The van der Waals surface area contributed by atoms with Crippen LogP contribution in [-0.2, 0) is 6.42 Å². The predicted octanol–water partition coefficient (Wildman–Crippen LogP) is 2.30. The maximum Gasteiger partial charge on any atom is 0.0829 e. The number of aliphatic hydroxyl groups is 1. The Morgan fingerprint density at radius 3 is 2.71 bits per heavy atom. The van der Waals surface area contributed by atoms with Gasteiger partial charge >= 0.3 is 0 Å². The second kappa shape index (κ2) is 4.43. The predicted molar refractivity (Wildman–Crippen MR) is 71.3 cm³/mol. The quantitative estimate of drug-likeness (QED) is 0.847. The highest BCUT2D eigenvalue weighted by molar-refractivity contribution is 5.32. The van der Waals surface area contributed by atoms with E-state index in [1.807, 2.05) is 0 Å². The average molecular weight is 233 g/mol. The van der Waals surface area contributed by atoms with E-state index in [0.717, 1.165) is 19.4 Å². The Balaban J connectivity index is 2.18. The maximum atomic E-state index is 10.7. The Labute approximate surface area is 104 Å². The highest BCUT2D eigenvalue weighted by atomic mass is 16.3. The molecule has 0 radical (unpaired) electrons. The van der Waals surface area contributed by atoms with Crippen molar-refractivity contribution in [2.24, 2.45) is 0 Å². The van der Waals surface area contributed by atoms with Crippen LogP contribution in [-0.4, -0.2) is 35.2 Å². The number of rotatable bonds is 2. The molecule has 0 spiro atoms.